The van der Waals surface area contributed by atoms with Crippen molar-refractivity contribution in [3.8, 4) is 0 Å². The van der Waals surface area contributed by atoms with Crippen LogP contribution in [0.5, 0.6) is 0 Å². The Bertz CT molecular complexity index is 81.4. The van der Waals surface area contributed by atoms with Crippen molar-refractivity contribution in [1.29, 1.82) is 0 Å². The average Bonchev–Trinajstić information content (AvgIpc) is 1.65. The number of aliphatic hydroxyl groups excluding tert-OH is 1. The SMILES string of the molecule is [CH3][SnH]([CH3])[O]C(=O)CO. The molecule has 8 heavy (non-hydrogen) atoms. The first-order chi connectivity index (χ1) is 3.66. The van der Waals surface area contributed by atoms with Crippen LogP contribution in [0, 0.1) is 0 Å². The van der Waals surface area contributed by atoms with E-state index in [0.717, 1.165) is 0 Å². The minimum atomic E-state index is -1.83. The van der Waals surface area contributed by atoms with Crippen LogP contribution in [0.15, 0.2) is 0 Å². The van der Waals surface area contributed by atoms with E-state index >= 15 is 0 Å². The molecule has 0 spiro atoms. The van der Waals surface area contributed by atoms with Gasteiger partial charge in [-0.25, -0.2) is 0 Å². The Morgan fingerprint density at radius 1 is 1.75 bits per heavy atom. The summed E-state index contributed by atoms with van der Waals surface area (Å²) in [6, 6.07) is 0. The molecule has 0 aliphatic heterocycles. The predicted octanol–water partition coefficient (Wildman–Crippen LogP) is -0.495. The summed E-state index contributed by atoms with van der Waals surface area (Å²) in [5, 5.41) is 8.14. The molecule has 0 amide bonds. The van der Waals surface area contributed by atoms with E-state index < -0.39 is 32.7 Å². The number of rotatable bonds is 2. The van der Waals surface area contributed by atoms with Crippen molar-refractivity contribution in [3.05, 3.63) is 0 Å². The van der Waals surface area contributed by atoms with Gasteiger partial charge in [0, 0.05) is 0 Å². The molecule has 0 aromatic rings. The molecule has 0 saturated carbocycles. The van der Waals surface area contributed by atoms with Crippen molar-refractivity contribution in [2.45, 2.75) is 9.88 Å². The molecule has 1 N–H and O–H groups in total. The third kappa shape index (κ3) is 4.39. The molecule has 0 heterocycles. The number of hydrogen-bond acceptors (Lipinski definition) is 3. The number of carbonyl (C=O) groups excluding carboxylic acids is 1. The van der Waals surface area contributed by atoms with E-state index in [4.69, 9.17) is 8.18 Å². The summed E-state index contributed by atoms with van der Waals surface area (Å²) >= 11 is -1.83. The summed E-state index contributed by atoms with van der Waals surface area (Å²) in [6.07, 6.45) is 0. The van der Waals surface area contributed by atoms with Crippen molar-refractivity contribution in [2.24, 2.45) is 0 Å². The van der Waals surface area contributed by atoms with Crippen molar-refractivity contribution in [3.63, 3.8) is 0 Å². The Kier molecular flexibility index (Phi) is 4.26. The van der Waals surface area contributed by atoms with Crippen molar-refractivity contribution >= 4 is 26.1 Å². The molecule has 0 saturated heterocycles. The van der Waals surface area contributed by atoms with Crippen molar-refractivity contribution in [2.75, 3.05) is 6.61 Å². The van der Waals surface area contributed by atoms with Gasteiger partial charge < -0.3 is 0 Å². The summed E-state index contributed by atoms with van der Waals surface area (Å²) in [7, 11) is 0. The molecule has 0 bridgehead atoms. The number of carbonyl (C=O) groups is 1. The second-order valence-corrected chi connectivity index (χ2v) is 8.36. The van der Waals surface area contributed by atoms with E-state index in [1.54, 1.807) is 0 Å². The molecule has 0 radical (unpaired) electrons. The van der Waals surface area contributed by atoms with Crippen LogP contribution in [0.2, 0.25) is 9.88 Å². The summed E-state index contributed by atoms with van der Waals surface area (Å²) in [5.74, 6) is -0.476. The van der Waals surface area contributed by atoms with Crippen LogP contribution in [-0.4, -0.2) is 37.9 Å². The number of aliphatic hydroxyl groups is 1. The summed E-state index contributed by atoms with van der Waals surface area (Å²) < 4.78 is 4.72. The van der Waals surface area contributed by atoms with Gasteiger partial charge in [-0.1, -0.05) is 0 Å². The van der Waals surface area contributed by atoms with Gasteiger partial charge in [0.25, 0.3) is 0 Å². The first kappa shape index (κ1) is 8.23. The van der Waals surface area contributed by atoms with Crippen LogP contribution in [-0.2, 0) is 7.87 Å². The van der Waals surface area contributed by atoms with Gasteiger partial charge in [0.2, 0.25) is 0 Å². The van der Waals surface area contributed by atoms with Gasteiger partial charge in [-0.2, -0.15) is 0 Å². The molecular weight excluding hydrogens is 215 g/mol. The molecule has 3 nitrogen and oxygen atoms in total. The van der Waals surface area contributed by atoms with Gasteiger partial charge in [0.05, 0.1) is 0 Å². The first-order valence-electron chi connectivity index (χ1n) is 2.47. The molecule has 0 aliphatic carbocycles. The molecular formula is C4H10O3Sn. The fourth-order valence-corrected chi connectivity index (χ4v) is 2.01. The zero-order valence-corrected chi connectivity index (χ0v) is 8.34. The van der Waals surface area contributed by atoms with E-state index in [0.29, 0.717) is 0 Å². The second kappa shape index (κ2) is 4.14. The van der Waals surface area contributed by atoms with E-state index in [9.17, 15) is 4.79 Å². The van der Waals surface area contributed by atoms with Crippen LogP contribution in [0.3, 0.4) is 0 Å². The first-order valence-corrected chi connectivity index (χ1v) is 10.4. The second-order valence-electron chi connectivity index (χ2n) is 1.70. The fraction of sp³-hybridized carbons (Fsp3) is 0.750. The molecule has 0 rings (SSSR count). The fourth-order valence-electron chi connectivity index (χ4n) is 0.300. The molecule has 0 aromatic heterocycles. The molecule has 0 fully saturated rings. The molecule has 0 aromatic carbocycles. The quantitative estimate of drug-likeness (QED) is 0.644. The minimum absolute atomic E-state index is 0.476. The standard InChI is InChI=1S/C2H4O3.2CH3.Sn.H/c3-1-2(4)5;;;;/h3H,1H2,(H,4,5);2*1H3;;/q;;;+1;/p-1. The van der Waals surface area contributed by atoms with Gasteiger partial charge in [-0.3, -0.25) is 0 Å². The Morgan fingerprint density at radius 3 is 2.38 bits per heavy atom. The van der Waals surface area contributed by atoms with E-state index in [2.05, 4.69) is 0 Å². The maximum atomic E-state index is 10.2. The average molecular weight is 225 g/mol. The van der Waals surface area contributed by atoms with Gasteiger partial charge in [0.1, 0.15) is 0 Å². The van der Waals surface area contributed by atoms with Crippen LogP contribution >= 0.6 is 0 Å². The van der Waals surface area contributed by atoms with Crippen molar-refractivity contribution < 1.29 is 13.0 Å². The normalized spacial score (nSPS) is 9.50. The third-order valence-electron chi connectivity index (χ3n) is 0.496. The van der Waals surface area contributed by atoms with Crippen LogP contribution in [0.25, 0.3) is 0 Å². The van der Waals surface area contributed by atoms with Gasteiger partial charge >= 0.3 is 55.6 Å². The molecule has 0 aliphatic rings. The summed E-state index contributed by atoms with van der Waals surface area (Å²) in [4.78, 5) is 14.1. The maximum absolute atomic E-state index is 10.2. The van der Waals surface area contributed by atoms with Gasteiger partial charge in [-0.15, -0.1) is 0 Å². The molecule has 0 atom stereocenters. The van der Waals surface area contributed by atoms with Crippen molar-refractivity contribution in [1.82, 2.24) is 0 Å². The number of hydrogen-bond donors (Lipinski definition) is 1. The predicted molar refractivity (Wildman–Crippen MR) is 32.1 cm³/mol. The van der Waals surface area contributed by atoms with Crippen LogP contribution in [0.4, 0.5) is 0 Å². The Labute approximate surface area is 55.9 Å². The monoisotopic (exact) mass is 226 g/mol. The zero-order valence-electron chi connectivity index (χ0n) is 5.05. The topological polar surface area (TPSA) is 46.5 Å². The Morgan fingerprint density at radius 2 is 2.25 bits per heavy atom. The molecule has 0 unspecified atom stereocenters. The zero-order chi connectivity index (χ0) is 6.57. The summed E-state index contributed by atoms with van der Waals surface area (Å²) in [6.45, 7) is -0.477. The van der Waals surface area contributed by atoms with Crippen LogP contribution in [0.1, 0.15) is 0 Å². The van der Waals surface area contributed by atoms with Crippen LogP contribution < -0.4 is 0 Å². The summed E-state index contributed by atoms with van der Waals surface area (Å²) in [5.41, 5.74) is 0. The third-order valence-corrected chi connectivity index (χ3v) is 2.59. The van der Waals surface area contributed by atoms with Gasteiger partial charge in [0.15, 0.2) is 0 Å². The molecule has 4 heteroatoms. The Hall–Kier alpha value is 0.229. The van der Waals surface area contributed by atoms with E-state index in [1.165, 1.54) is 0 Å². The van der Waals surface area contributed by atoms with Gasteiger partial charge in [-0.05, 0) is 0 Å². The Balaban J connectivity index is 3.25. The van der Waals surface area contributed by atoms with E-state index in [1.807, 2.05) is 9.88 Å². The molecule has 48 valence electrons. The van der Waals surface area contributed by atoms with E-state index in [-0.39, 0.29) is 0 Å².